The lowest BCUT2D eigenvalue weighted by Gasteiger charge is -2.19. The Morgan fingerprint density at radius 1 is 1.33 bits per heavy atom. The van der Waals surface area contributed by atoms with Crippen molar-refractivity contribution in [1.82, 2.24) is 5.32 Å². The lowest BCUT2D eigenvalue weighted by Crippen LogP contribution is -2.34. The Morgan fingerprint density at radius 2 is 2.08 bits per heavy atom. The molecule has 2 heteroatoms. The van der Waals surface area contributed by atoms with Crippen LogP contribution < -0.4 is 5.32 Å². The number of hydrogen-bond donors (Lipinski definition) is 1. The zero-order valence-corrected chi connectivity index (χ0v) is 8.47. The van der Waals surface area contributed by atoms with E-state index in [1.54, 1.807) is 7.11 Å². The molecular weight excluding hydrogens is 150 g/mol. The van der Waals surface area contributed by atoms with E-state index < -0.39 is 0 Å². The summed E-state index contributed by atoms with van der Waals surface area (Å²) in [4.78, 5) is 0. The Hall–Kier alpha value is -0.0800. The van der Waals surface area contributed by atoms with E-state index in [9.17, 15) is 0 Å². The van der Waals surface area contributed by atoms with Gasteiger partial charge in [0.25, 0.3) is 0 Å². The van der Waals surface area contributed by atoms with E-state index >= 15 is 0 Å². The number of rotatable bonds is 4. The van der Waals surface area contributed by atoms with Crippen molar-refractivity contribution in [2.45, 2.75) is 32.7 Å². The number of ether oxygens (including phenoxy) is 1. The summed E-state index contributed by atoms with van der Waals surface area (Å²) < 4.78 is 5.00. The van der Waals surface area contributed by atoms with Crippen molar-refractivity contribution in [3.63, 3.8) is 0 Å². The third-order valence-corrected chi connectivity index (χ3v) is 3.18. The van der Waals surface area contributed by atoms with Gasteiger partial charge in [-0.25, -0.2) is 0 Å². The van der Waals surface area contributed by atoms with Crippen LogP contribution in [0.15, 0.2) is 0 Å². The molecule has 0 saturated heterocycles. The van der Waals surface area contributed by atoms with Crippen LogP contribution in [0.25, 0.3) is 0 Å². The van der Waals surface area contributed by atoms with Gasteiger partial charge in [-0.2, -0.15) is 0 Å². The van der Waals surface area contributed by atoms with Gasteiger partial charge in [0.2, 0.25) is 0 Å². The van der Waals surface area contributed by atoms with Crippen LogP contribution in [0.2, 0.25) is 0 Å². The third-order valence-electron chi connectivity index (χ3n) is 3.18. The molecule has 0 amide bonds. The fourth-order valence-electron chi connectivity index (χ4n) is 2.00. The molecule has 0 spiro atoms. The van der Waals surface area contributed by atoms with Gasteiger partial charge in [-0.15, -0.1) is 0 Å². The molecule has 0 aromatic rings. The summed E-state index contributed by atoms with van der Waals surface area (Å²) in [5, 5.41) is 3.54. The van der Waals surface area contributed by atoms with Crippen LogP contribution in [0.5, 0.6) is 0 Å². The molecule has 3 atom stereocenters. The average Bonchev–Trinajstić information content (AvgIpc) is 2.36. The first-order valence-corrected chi connectivity index (χ1v) is 4.98. The normalized spacial score (nSPS) is 35.8. The lowest BCUT2D eigenvalue weighted by molar-refractivity contribution is 0.192. The molecule has 3 unspecified atom stereocenters. The van der Waals surface area contributed by atoms with Crippen LogP contribution in [0.4, 0.5) is 0 Å². The molecule has 1 aliphatic rings. The maximum absolute atomic E-state index is 5.00. The van der Waals surface area contributed by atoms with Crippen LogP contribution >= 0.6 is 0 Å². The predicted octanol–water partition coefficient (Wildman–Crippen LogP) is 1.66. The molecular formula is C10H21NO. The quantitative estimate of drug-likeness (QED) is 0.649. The van der Waals surface area contributed by atoms with E-state index in [1.165, 1.54) is 12.8 Å². The molecule has 12 heavy (non-hydrogen) atoms. The van der Waals surface area contributed by atoms with Gasteiger partial charge in [0.15, 0.2) is 0 Å². The molecule has 0 heterocycles. The van der Waals surface area contributed by atoms with Gasteiger partial charge in [-0.05, 0) is 24.7 Å². The molecule has 1 fully saturated rings. The van der Waals surface area contributed by atoms with Gasteiger partial charge < -0.3 is 10.1 Å². The highest BCUT2D eigenvalue weighted by molar-refractivity contribution is 4.84. The lowest BCUT2D eigenvalue weighted by atomic mass is 9.98. The van der Waals surface area contributed by atoms with Crippen LogP contribution in [-0.2, 0) is 4.74 Å². The number of methoxy groups -OCH3 is 1. The Kier molecular flexibility index (Phi) is 4.02. The van der Waals surface area contributed by atoms with Crippen molar-refractivity contribution in [3.8, 4) is 0 Å². The van der Waals surface area contributed by atoms with E-state index in [2.05, 4.69) is 19.2 Å². The first-order chi connectivity index (χ1) is 5.75. The SMILES string of the molecule is COCCNC1CCC(C)C1C. The van der Waals surface area contributed by atoms with E-state index in [4.69, 9.17) is 4.74 Å². The highest BCUT2D eigenvalue weighted by Gasteiger charge is 2.28. The van der Waals surface area contributed by atoms with Crippen molar-refractivity contribution in [2.75, 3.05) is 20.3 Å². The summed E-state index contributed by atoms with van der Waals surface area (Å²) in [6.45, 7) is 6.53. The highest BCUT2D eigenvalue weighted by Crippen LogP contribution is 2.30. The second-order valence-corrected chi connectivity index (χ2v) is 3.97. The summed E-state index contributed by atoms with van der Waals surface area (Å²) in [6.07, 6.45) is 2.72. The molecule has 72 valence electrons. The Bertz CT molecular complexity index is 127. The smallest absolute Gasteiger partial charge is 0.0587 e. The van der Waals surface area contributed by atoms with Gasteiger partial charge in [-0.1, -0.05) is 13.8 Å². The molecule has 1 N–H and O–H groups in total. The van der Waals surface area contributed by atoms with E-state index in [0.717, 1.165) is 31.0 Å². The summed E-state index contributed by atoms with van der Waals surface area (Å²) >= 11 is 0. The fourth-order valence-corrected chi connectivity index (χ4v) is 2.00. The predicted molar refractivity (Wildman–Crippen MR) is 51.2 cm³/mol. The van der Waals surface area contributed by atoms with E-state index in [1.807, 2.05) is 0 Å². The van der Waals surface area contributed by atoms with E-state index in [-0.39, 0.29) is 0 Å². The molecule has 1 rings (SSSR count). The van der Waals surface area contributed by atoms with Crippen molar-refractivity contribution < 1.29 is 4.74 Å². The molecule has 2 nitrogen and oxygen atoms in total. The summed E-state index contributed by atoms with van der Waals surface area (Å²) in [5.74, 6) is 1.73. The zero-order valence-electron chi connectivity index (χ0n) is 8.47. The monoisotopic (exact) mass is 171 g/mol. The Labute approximate surface area is 75.7 Å². The van der Waals surface area contributed by atoms with Crippen LogP contribution in [0.3, 0.4) is 0 Å². The number of hydrogen-bond acceptors (Lipinski definition) is 2. The largest absolute Gasteiger partial charge is 0.383 e. The van der Waals surface area contributed by atoms with E-state index in [0.29, 0.717) is 0 Å². The minimum atomic E-state index is 0.732. The first-order valence-electron chi connectivity index (χ1n) is 4.98. The van der Waals surface area contributed by atoms with Crippen molar-refractivity contribution in [2.24, 2.45) is 11.8 Å². The molecule has 0 aliphatic heterocycles. The average molecular weight is 171 g/mol. The maximum atomic E-state index is 5.00. The van der Waals surface area contributed by atoms with Crippen molar-refractivity contribution in [3.05, 3.63) is 0 Å². The number of nitrogens with one attached hydrogen (secondary N) is 1. The first kappa shape index (κ1) is 10.0. The molecule has 1 aliphatic carbocycles. The van der Waals surface area contributed by atoms with Crippen LogP contribution in [0.1, 0.15) is 26.7 Å². The summed E-state index contributed by atoms with van der Waals surface area (Å²) in [6, 6.07) is 0.732. The molecule has 0 aromatic heterocycles. The molecule has 0 radical (unpaired) electrons. The van der Waals surface area contributed by atoms with Gasteiger partial charge in [-0.3, -0.25) is 0 Å². The van der Waals surface area contributed by atoms with Gasteiger partial charge in [0.1, 0.15) is 0 Å². The van der Waals surface area contributed by atoms with Gasteiger partial charge in [0, 0.05) is 19.7 Å². The highest BCUT2D eigenvalue weighted by atomic mass is 16.5. The molecule has 1 saturated carbocycles. The summed E-state index contributed by atoms with van der Waals surface area (Å²) in [7, 11) is 1.75. The van der Waals surface area contributed by atoms with Crippen molar-refractivity contribution >= 4 is 0 Å². The fraction of sp³-hybridized carbons (Fsp3) is 1.00. The zero-order chi connectivity index (χ0) is 8.97. The molecule has 0 aromatic carbocycles. The Balaban J connectivity index is 2.16. The van der Waals surface area contributed by atoms with Gasteiger partial charge in [0.05, 0.1) is 6.61 Å². The van der Waals surface area contributed by atoms with Crippen molar-refractivity contribution in [1.29, 1.82) is 0 Å². The van der Waals surface area contributed by atoms with Gasteiger partial charge >= 0.3 is 0 Å². The van der Waals surface area contributed by atoms with Crippen LogP contribution in [-0.4, -0.2) is 26.3 Å². The minimum absolute atomic E-state index is 0.732. The topological polar surface area (TPSA) is 21.3 Å². The second kappa shape index (κ2) is 4.83. The van der Waals surface area contributed by atoms with Crippen LogP contribution in [0, 0.1) is 11.8 Å². The summed E-state index contributed by atoms with van der Waals surface area (Å²) in [5.41, 5.74) is 0. The minimum Gasteiger partial charge on any atom is -0.383 e. The molecule has 0 bridgehead atoms. The second-order valence-electron chi connectivity index (χ2n) is 3.97. The maximum Gasteiger partial charge on any atom is 0.0587 e. The Morgan fingerprint density at radius 3 is 2.58 bits per heavy atom. The standard InChI is InChI=1S/C10H21NO/c1-8-4-5-10(9(8)2)11-6-7-12-3/h8-11H,4-7H2,1-3H3. The third kappa shape index (κ3) is 2.46.